The highest BCUT2D eigenvalue weighted by molar-refractivity contribution is 8.00. The smallest absolute Gasteiger partial charge is 0.242 e. The Morgan fingerprint density at radius 1 is 1.45 bits per heavy atom. The predicted octanol–water partition coefficient (Wildman–Crippen LogP) is -1.21. The normalized spacial score (nSPS) is 20.5. The summed E-state index contributed by atoms with van der Waals surface area (Å²) in [6.07, 6.45) is 4.21. The van der Waals surface area contributed by atoms with Gasteiger partial charge in [0.15, 0.2) is 0 Å². The Bertz CT molecular complexity index is 375. The highest BCUT2D eigenvalue weighted by atomic mass is 32.2. The van der Waals surface area contributed by atoms with Crippen LogP contribution in [0.3, 0.4) is 0 Å². The molecule has 1 heterocycles. The summed E-state index contributed by atoms with van der Waals surface area (Å²) >= 11 is 1.18. The maximum Gasteiger partial charge on any atom is 0.242 e. The molecule has 1 aliphatic rings. The van der Waals surface area contributed by atoms with Crippen molar-refractivity contribution in [3.63, 3.8) is 0 Å². The van der Waals surface area contributed by atoms with E-state index in [2.05, 4.69) is 12.7 Å². The molecule has 1 rings (SSSR count). The number of carbonyl (C=O) groups excluding carboxylic acids is 3. The molecule has 0 radical (unpaired) electrons. The monoisotopic (exact) mass is 302 g/mol. The Morgan fingerprint density at radius 2 is 2.15 bits per heavy atom. The molecule has 1 aliphatic heterocycles. The Balaban J connectivity index is 2.39. The number of hydrogen-bond donors (Lipinski definition) is 1. The average Bonchev–Trinajstić information content (AvgIpc) is 2.67. The second kappa shape index (κ2) is 8.26. The van der Waals surface area contributed by atoms with Crippen molar-refractivity contribution in [1.82, 2.24) is 4.90 Å². The third-order valence-electron chi connectivity index (χ3n) is 3.27. The molecule has 0 aromatic carbocycles. The molecule has 7 heteroatoms. The molecule has 114 valence electrons. The average molecular weight is 302 g/mol. The van der Waals surface area contributed by atoms with Crippen LogP contribution in [0.15, 0.2) is 0 Å². The van der Waals surface area contributed by atoms with Gasteiger partial charge >= 0.3 is 0 Å². The first-order valence-electron chi connectivity index (χ1n) is 6.97. The number of quaternary nitrogens is 1. The molecule has 0 spiro atoms. The van der Waals surface area contributed by atoms with E-state index in [1.165, 1.54) is 16.7 Å². The molecule has 20 heavy (non-hydrogen) atoms. The summed E-state index contributed by atoms with van der Waals surface area (Å²) in [6, 6.07) is -0.860. The number of amides is 2. The fraction of sp³-hybridized carbons (Fsp3) is 0.769. The molecule has 0 aromatic rings. The third kappa shape index (κ3) is 4.79. The van der Waals surface area contributed by atoms with Crippen molar-refractivity contribution >= 4 is 29.5 Å². The van der Waals surface area contributed by atoms with E-state index >= 15 is 0 Å². The molecule has 1 saturated heterocycles. The SMILES string of the molecule is CCCCCCN1C(=O)C[C@H](SC[C@@H]([NH3+])C(=O)[O-])C1=O. The van der Waals surface area contributed by atoms with Gasteiger partial charge in [0.2, 0.25) is 11.8 Å². The zero-order valence-electron chi connectivity index (χ0n) is 11.8. The lowest BCUT2D eigenvalue weighted by Crippen LogP contribution is -2.69. The number of hydrogen-bond acceptors (Lipinski definition) is 5. The number of rotatable bonds is 9. The minimum atomic E-state index is -1.23. The second-order valence-electron chi connectivity index (χ2n) is 4.99. The van der Waals surface area contributed by atoms with Crippen molar-refractivity contribution in [3.8, 4) is 0 Å². The van der Waals surface area contributed by atoms with E-state index in [0.717, 1.165) is 25.7 Å². The summed E-state index contributed by atoms with van der Waals surface area (Å²) in [5.41, 5.74) is 3.44. The quantitative estimate of drug-likeness (QED) is 0.425. The number of carboxylic acid groups (broad SMARTS) is 1. The standard InChI is InChI=1S/C13H22N2O4S/c1-2-3-4-5-6-15-11(16)7-10(12(15)17)20-8-9(14)13(18)19/h9-10H,2-8,14H2,1H3,(H,18,19)/t9-,10+/m1/s1. The first kappa shape index (κ1) is 17.0. The number of aliphatic carboxylic acids is 1. The highest BCUT2D eigenvalue weighted by Gasteiger charge is 2.38. The van der Waals surface area contributed by atoms with Gasteiger partial charge in [0.1, 0.15) is 6.04 Å². The number of likely N-dealkylation sites (tertiary alicyclic amines) is 1. The van der Waals surface area contributed by atoms with Gasteiger partial charge in [-0.1, -0.05) is 26.2 Å². The molecule has 0 unspecified atom stereocenters. The van der Waals surface area contributed by atoms with Gasteiger partial charge in [-0.25, -0.2) is 0 Å². The van der Waals surface area contributed by atoms with E-state index in [0.29, 0.717) is 6.54 Å². The van der Waals surface area contributed by atoms with Crippen LogP contribution in [-0.4, -0.2) is 46.3 Å². The predicted molar refractivity (Wildman–Crippen MR) is 73.4 cm³/mol. The van der Waals surface area contributed by atoms with Crippen molar-refractivity contribution in [2.24, 2.45) is 0 Å². The van der Waals surface area contributed by atoms with Gasteiger partial charge in [0.25, 0.3) is 0 Å². The zero-order valence-corrected chi connectivity index (χ0v) is 12.6. The Hall–Kier alpha value is -1.08. The van der Waals surface area contributed by atoms with Gasteiger partial charge in [0, 0.05) is 13.0 Å². The molecule has 0 bridgehead atoms. The molecule has 0 aromatic heterocycles. The molecule has 2 amide bonds. The van der Waals surface area contributed by atoms with Crippen LogP contribution < -0.4 is 10.8 Å². The number of thioether (sulfide) groups is 1. The topological polar surface area (TPSA) is 105 Å². The number of unbranched alkanes of at least 4 members (excludes halogenated alkanes) is 3. The summed E-state index contributed by atoms with van der Waals surface area (Å²) in [6.45, 7) is 2.58. The van der Waals surface area contributed by atoms with E-state index in [4.69, 9.17) is 0 Å². The van der Waals surface area contributed by atoms with Crippen LogP contribution >= 0.6 is 11.8 Å². The fourth-order valence-corrected chi connectivity index (χ4v) is 3.15. The second-order valence-corrected chi connectivity index (χ2v) is 6.22. The minimum absolute atomic E-state index is 0.155. The Morgan fingerprint density at radius 3 is 2.75 bits per heavy atom. The third-order valence-corrected chi connectivity index (χ3v) is 4.64. The highest BCUT2D eigenvalue weighted by Crippen LogP contribution is 2.25. The van der Waals surface area contributed by atoms with Crippen LogP contribution in [0.5, 0.6) is 0 Å². The first-order chi connectivity index (χ1) is 9.47. The molecule has 3 N–H and O–H groups in total. The maximum atomic E-state index is 12.1. The summed E-state index contributed by atoms with van der Waals surface area (Å²) in [7, 11) is 0. The Kier molecular flexibility index (Phi) is 7.01. The Labute approximate surface area is 123 Å². The van der Waals surface area contributed by atoms with Crippen molar-refractivity contribution in [1.29, 1.82) is 0 Å². The van der Waals surface area contributed by atoms with Crippen molar-refractivity contribution in [2.45, 2.75) is 50.3 Å². The van der Waals surface area contributed by atoms with Crippen LogP contribution in [0.2, 0.25) is 0 Å². The van der Waals surface area contributed by atoms with Crippen molar-refractivity contribution in [2.75, 3.05) is 12.3 Å². The molecule has 2 atom stereocenters. The van der Waals surface area contributed by atoms with Gasteiger partial charge in [-0.2, -0.15) is 0 Å². The van der Waals surface area contributed by atoms with Gasteiger partial charge in [0.05, 0.1) is 17.0 Å². The van der Waals surface area contributed by atoms with Gasteiger partial charge in [-0.05, 0) is 6.42 Å². The molecule has 0 saturated carbocycles. The van der Waals surface area contributed by atoms with Gasteiger partial charge < -0.3 is 15.6 Å². The summed E-state index contributed by atoms with van der Waals surface area (Å²) in [5, 5.41) is 10.1. The number of nitrogens with zero attached hydrogens (tertiary/aromatic N) is 1. The van der Waals surface area contributed by atoms with Gasteiger partial charge in [-0.15, -0.1) is 11.8 Å². The first-order valence-corrected chi connectivity index (χ1v) is 8.02. The van der Waals surface area contributed by atoms with Crippen LogP contribution in [-0.2, 0) is 14.4 Å². The lowest BCUT2D eigenvalue weighted by atomic mass is 10.2. The van der Waals surface area contributed by atoms with E-state index < -0.39 is 17.3 Å². The summed E-state index contributed by atoms with van der Waals surface area (Å²) in [5.74, 6) is -1.39. The number of carbonyl (C=O) groups is 3. The molecule has 0 aliphatic carbocycles. The largest absolute Gasteiger partial charge is 0.544 e. The molecule has 1 fully saturated rings. The van der Waals surface area contributed by atoms with Crippen molar-refractivity contribution < 1.29 is 25.2 Å². The fourth-order valence-electron chi connectivity index (χ4n) is 2.01. The van der Waals surface area contributed by atoms with E-state index in [1.54, 1.807) is 0 Å². The molecular formula is C13H22N2O4S. The lowest BCUT2D eigenvalue weighted by molar-refractivity contribution is -0.431. The summed E-state index contributed by atoms with van der Waals surface area (Å²) < 4.78 is 0. The number of imide groups is 1. The van der Waals surface area contributed by atoms with Crippen molar-refractivity contribution in [3.05, 3.63) is 0 Å². The number of carboxylic acids is 1. The van der Waals surface area contributed by atoms with Gasteiger partial charge in [-0.3, -0.25) is 14.5 Å². The van der Waals surface area contributed by atoms with Crippen LogP contribution in [0, 0.1) is 0 Å². The van der Waals surface area contributed by atoms with Crippen LogP contribution in [0.1, 0.15) is 39.0 Å². The van der Waals surface area contributed by atoms with Crippen LogP contribution in [0.25, 0.3) is 0 Å². The van der Waals surface area contributed by atoms with Crippen LogP contribution in [0.4, 0.5) is 0 Å². The minimum Gasteiger partial charge on any atom is -0.544 e. The maximum absolute atomic E-state index is 12.1. The molecule has 6 nitrogen and oxygen atoms in total. The molecular weight excluding hydrogens is 280 g/mol. The van der Waals surface area contributed by atoms with E-state index in [1.807, 2.05) is 0 Å². The van der Waals surface area contributed by atoms with E-state index in [9.17, 15) is 19.5 Å². The summed E-state index contributed by atoms with van der Waals surface area (Å²) in [4.78, 5) is 35.7. The zero-order chi connectivity index (χ0) is 15.1. The lowest BCUT2D eigenvalue weighted by Gasteiger charge is -2.15. The van der Waals surface area contributed by atoms with E-state index in [-0.39, 0.29) is 24.0 Å².